The van der Waals surface area contributed by atoms with Gasteiger partial charge in [-0.1, -0.05) is 23.7 Å². The number of halogens is 1. The zero-order valence-corrected chi connectivity index (χ0v) is 8.95. The fourth-order valence-electron chi connectivity index (χ4n) is 1.63. The number of hydrogen-bond acceptors (Lipinski definition) is 1. The highest BCUT2D eigenvalue weighted by Crippen LogP contribution is 2.26. The number of nitrogens with zero attached hydrogens (tertiary/aromatic N) is 1. The van der Waals surface area contributed by atoms with E-state index < -0.39 is 5.97 Å². The van der Waals surface area contributed by atoms with Crippen molar-refractivity contribution in [2.45, 2.75) is 13.5 Å². The standard InChI is InChI=1S/C11H10ClNO2/c1-7-2-3-8-9(12)5-13(6-11(14)15)10(8)4-7/h2-5H,6H2,1H3,(H,14,15). The van der Waals surface area contributed by atoms with Gasteiger partial charge in [0.05, 0.1) is 10.5 Å². The second-order valence-corrected chi connectivity index (χ2v) is 3.93. The molecule has 2 aromatic rings. The van der Waals surface area contributed by atoms with Crippen LogP contribution in [0.5, 0.6) is 0 Å². The zero-order chi connectivity index (χ0) is 11.0. The van der Waals surface area contributed by atoms with Crippen LogP contribution in [0.2, 0.25) is 5.02 Å². The molecule has 0 amide bonds. The maximum atomic E-state index is 10.6. The fourth-order valence-corrected chi connectivity index (χ4v) is 1.91. The van der Waals surface area contributed by atoms with E-state index in [1.54, 1.807) is 10.8 Å². The molecule has 0 aliphatic rings. The summed E-state index contributed by atoms with van der Waals surface area (Å²) in [6.07, 6.45) is 1.65. The van der Waals surface area contributed by atoms with Crippen LogP contribution < -0.4 is 0 Å². The summed E-state index contributed by atoms with van der Waals surface area (Å²) in [5.41, 5.74) is 1.95. The summed E-state index contributed by atoms with van der Waals surface area (Å²) in [6, 6.07) is 5.80. The Balaban J connectivity index is 2.64. The maximum Gasteiger partial charge on any atom is 0.323 e. The van der Waals surface area contributed by atoms with E-state index in [-0.39, 0.29) is 6.54 Å². The number of aliphatic carboxylic acids is 1. The summed E-state index contributed by atoms with van der Waals surface area (Å²) in [4.78, 5) is 10.6. The van der Waals surface area contributed by atoms with Gasteiger partial charge in [-0.2, -0.15) is 0 Å². The third-order valence-corrected chi connectivity index (χ3v) is 2.60. The van der Waals surface area contributed by atoms with Crippen molar-refractivity contribution in [3.05, 3.63) is 35.0 Å². The molecule has 0 unspecified atom stereocenters. The van der Waals surface area contributed by atoms with Gasteiger partial charge in [-0.05, 0) is 18.6 Å². The molecule has 15 heavy (non-hydrogen) atoms. The summed E-state index contributed by atoms with van der Waals surface area (Å²) in [6.45, 7) is 1.90. The van der Waals surface area contributed by atoms with E-state index in [4.69, 9.17) is 16.7 Å². The Bertz CT molecular complexity index is 531. The second-order valence-electron chi connectivity index (χ2n) is 3.52. The highest BCUT2D eigenvalue weighted by Gasteiger charge is 2.08. The molecule has 1 aromatic carbocycles. The van der Waals surface area contributed by atoms with Crippen LogP contribution in [0.1, 0.15) is 5.56 Å². The van der Waals surface area contributed by atoms with Crippen LogP contribution in [0.15, 0.2) is 24.4 Å². The van der Waals surface area contributed by atoms with Gasteiger partial charge in [0.25, 0.3) is 0 Å². The van der Waals surface area contributed by atoms with E-state index in [9.17, 15) is 4.79 Å². The summed E-state index contributed by atoms with van der Waals surface area (Å²) in [5, 5.41) is 10.2. The lowest BCUT2D eigenvalue weighted by molar-refractivity contribution is -0.137. The molecule has 0 saturated carbocycles. The SMILES string of the molecule is Cc1ccc2c(Cl)cn(CC(=O)O)c2c1. The summed E-state index contributed by atoms with van der Waals surface area (Å²) in [7, 11) is 0. The molecule has 0 aliphatic carbocycles. The molecule has 1 aromatic heterocycles. The Labute approximate surface area is 91.9 Å². The van der Waals surface area contributed by atoms with E-state index in [1.165, 1.54) is 0 Å². The predicted octanol–water partition coefficient (Wildman–Crippen LogP) is 2.69. The molecule has 0 aliphatic heterocycles. The van der Waals surface area contributed by atoms with Gasteiger partial charge in [0.15, 0.2) is 0 Å². The maximum absolute atomic E-state index is 10.6. The van der Waals surface area contributed by atoms with Gasteiger partial charge in [-0.25, -0.2) is 0 Å². The van der Waals surface area contributed by atoms with Crippen LogP contribution in [-0.2, 0) is 11.3 Å². The lowest BCUT2D eigenvalue weighted by Gasteiger charge is -2.01. The summed E-state index contributed by atoms with van der Waals surface area (Å²) in [5.74, 6) is -0.870. The van der Waals surface area contributed by atoms with Crippen molar-refractivity contribution in [2.75, 3.05) is 0 Å². The van der Waals surface area contributed by atoms with Crippen LogP contribution in [-0.4, -0.2) is 15.6 Å². The molecular formula is C11H10ClNO2. The number of benzene rings is 1. The molecule has 2 rings (SSSR count). The lowest BCUT2D eigenvalue weighted by Crippen LogP contribution is -2.07. The van der Waals surface area contributed by atoms with E-state index in [0.717, 1.165) is 16.5 Å². The van der Waals surface area contributed by atoms with Crippen LogP contribution in [0, 0.1) is 6.92 Å². The van der Waals surface area contributed by atoms with Crippen molar-refractivity contribution in [3.8, 4) is 0 Å². The number of carboxylic acid groups (broad SMARTS) is 1. The fraction of sp³-hybridized carbons (Fsp3) is 0.182. The van der Waals surface area contributed by atoms with Crippen LogP contribution in [0.4, 0.5) is 0 Å². The molecule has 3 nitrogen and oxygen atoms in total. The minimum absolute atomic E-state index is 0.0628. The molecule has 0 spiro atoms. The molecule has 0 fully saturated rings. The number of carboxylic acids is 1. The van der Waals surface area contributed by atoms with Crippen molar-refractivity contribution in [1.82, 2.24) is 4.57 Å². The molecule has 4 heteroatoms. The first-order valence-electron chi connectivity index (χ1n) is 4.55. The average molecular weight is 224 g/mol. The van der Waals surface area contributed by atoms with Crippen molar-refractivity contribution < 1.29 is 9.90 Å². The predicted molar refractivity (Wildman–Crippen MR) is 59.3 cm³/mol. The van der Waals surface area contributed by atoms with E-state index in [1.807, 2.05) is 25.1 Å². The van der Waals surface area contributed by atoms with E-state index in [0.29, 0.717) is 5.02 Å². The van der Waals surface area contributed by atoms with Gasteiger partial charge in [0.2, 0.25) is 0 Å². The smallest absolute Gasteiger partial charge is 0.323 e. The number of rotatable bonds is 2. The van der Waals surface area contributed by atoms with Gasteiger partial charge in [-0.3, -0.25) is 4.79 Å². The third-order valence-electron chi connectivity index (χ3n) is 2.29. The molecule has 0 radical (unpaired) electrons. The quantitative estimate of drug-likeness (QED) is 0.851. The number of aromatic nitrogens is 1. The lowest BCUT2D eigenvalue weighted by atomic mass is 10.2. The van der Waals surface area contributed by atoms with Gasteiger partial charge in [0.1, 0.15) is 6.54 Å². The summed E-state index contributed by atoms with van der Waals surface area (Å²) >= 11 is 6.00. The first kappa shape index (κ1) is 10.1. The Morgan fingerprint density at radius 1 is 1.53 bits per heavy atom. The minimum Gasteiger partial charge on any atom is -0.480 e. The Hall–Kier alpha value is -1.48. The first-order chi connectivity index (χ1) is 7.08. The Morgan fingerprint density at radius 3 is 2.93 bits per heavy atom. The molecule has 0 saturated heterocycles. The van der Waals surface area contributed by atoms with Crippen molar-refractivity contribution in [3.63, 3.8) is 0 Å². The molecular weight excluding hydrogens is 214 g/mol. The normalized spacial score (nSPS) is 10.8. The van der Waals surface area contributed by atoms with Gasteiger partial charge in [-0.15, -0.1) is 0 Å². The van der Waals surface area contributed by atoms with Crippen LogP contribution in [0.25, 0.3) is 10.9 Å². The van der Waals surface area contributed by atoms with E-state index in [2.05, 4.69) is 0 Å². The second kappa shape index (κ2) is 3.59. The van der Waals surface area contributed by atoms with Crippen molar-refractivity contribution >= 4 is 28.5 Å². The number of aryl methyl sites for hydroxylation is 1. The monoisotopic (exact) mass is 223 g/mol. The van der Waals surface area contributed by atoms with Crippen LogP contribution >= 0.6 is 11.6 Å². The summed E-state index contributed by atoms with van der Waals surface area (Å²) < 4.78 is 1.65. The van der Waals surface area contributed by atoms with Crippen LogP contribution in [0.3, 0.4) is 0 Å². The largest absolute Gasteiger partial charge is 0.480 e. The first-order valence-corrected chi connectivity index (χ1v) is 4.92. The van der Waals surface area contributed by atoms with Crippen molar-refractivity contribution in [1.29, 1.82) is 0 Å². The van der Waals surface area contributed by atoms with E-state index >= 15 is 0 Å². The van der Waals surface area contributed by atoms with Crippen molar-refractivity contribution in [2.24, 2.45) is 0 Å². The van der Waals surface area contributed by atoms with Gasteiger partial charge in [0, 0.05) is 11.6 Å². The Kier molecular flexibility index (Phi) is 2.40. The molecule has 0 atom stereocenters. The highest BCUT2D eigenvalue weighted by molar-refractivity contribution is 6.35. The highest BCUT2D eigenvalue weighted by atomic mass is 35.5. The molecule has 1 N–H and O–H groups in total. The van der Waals surface area contributed by atoms with Gasteiger partial charge >= 0.3 is 5.97 Å². The molecule has 78 valence electrons. The zero-order valence-electron chi connectivity index (χ0n) is 8.20. The molecule has 1 heterocycles. The van der Waals surface area contributed by atoms with Gasteiger partial charge < -0.3 is 9.67 Å². The number of hydrogen-bond donors (Lipinski definition) is 1. The Morgan fingerprint density at radius 2 is 2.27 bits per heavy atom. The third kappa shape index (κ3) is 1.83. The number of carbonyl (C=O) groups is 1. The average Bonchev–Trinajstić information content (AvgIpc) is 2.42. The topological polar surface area (TPSA) is 42.2 Å². The number of fused-ring (bicyclic) bond motifs is 1. The molecule has 0 bridgehead atoms. The minimum atomic E-state index is -0.870.